The molecule has 0 unspecified atom stereocenters. The van der Waals surface area contributed by atoms with Crippen LogP contribution < -0.4 is 10.0 Å². The molecule has 2 rings (SSSR count). The van der Waals surface area contributed by atoms with Crippen molar-refractivity contribution in [1.82, 2.24) is 9.71 Å². The average Bonchev–Trinajstić information content (AvgIpc) is 2.84. The number of hydrogen-bond acceptors (Lipinski definition) is 5. The number of thiophene rings is 1. The number of aromatic nitrogens is 1. The van der Waals surface area contributed by atoms with Crippen LogP contribution in [0.4, 0.5) is 5.82 Å². The van der Waals surface area contributed by atoms with E-state index in [1.54, 1.807) is 13.1 Å². The van der Waals surface area contributed by atoms with Crippen molar-refractivity contribution < 1.29 is 8.42 Å². The highest BCUT2D eigenvalue weighted by molar-refractivity contribution is 7.89. The first-order valence-electron chi connectivity index (χ1n) is 5.99. The Balaban J connectivity index is 2.02. The maximum absolute atomic E-state index is 12.1. The van der Waals surface area contributed by atoms with Gasteiger partial charge in [0.15, 0.2) is 0 Å². The third-order valence-electron chi connectivity index (χ3n) is 2.66. The van der Waals surface area contributed by atoms with Crippen LogP contribution in [0.5, 0.6) is 0 Å². The van der Waals surface area contributed by atoms with Crippen LogP contribution in [-0.4, -0.2) is 27.0 Å². The fraction of sp³-hybridized carbons (Fsp3) is 0.250. The van der Waals surface area contributed by atoms with Gasteiger partial charge in [0, 0.05) is 24.7 Å². The lowest BCUT2D eigenvalue weighted by molar-refractivity contribution is 0.581. The Morgan fingerprint density at radius 2 is 2.10 bits per heavy atom. The number of pyridine rings is 1. The van der Waals surface area contributed by atoms with Crippen molar-refractivity contribution in [2.45, 2.75) is 11.3 Å². The third-order valence-corrected chi connectivity index (χ3v) is 5.66. The maximum atomic E-state index is 12.1. The molecular formula is C12H13Cl2N3O2S2. The van der Waals surface area contributed by atoms with Crippen LogP contribution in [0.25, 0.3) is 0 Å². The summed E-state index contributed by atoms with van der Waals surface area (Å²) in [6, 6.07) is 5.03. The van der Waals surface area contributed by atoms with Crippen LogP contribution >= 0.6 is 34.5 Å². The smallest absolute Gasteiger partial charge is 0.242 e. The van der Waals surface area contributed by atoms with Crippen LogP contribution in [0, 0.1) is 0 Å². The quantitative estimate of drug-likeness (QED) is 0.825. The Labute approximate surface area is 137 Å². The van der Waals surface area contributed by atoms with Gasteiger partial charge >= 0.3 is 0 Å². The second kappa shape index (κ2) is 6.93. The molecule has 0 saturated carbocycles. The highest BCUT2D eigenvalue weighted by Gasteiger charge is 2.16. The Kier molecular flexibility index (Phi) is 5.45. The van der Waals surface area contributed by atoms with E-state index in [0.29, 0.717) is 16.6 Å². The number of halogens is 2. The van der Waals surface area contributed by atoms with E-state index in [4.69, 9.17) is 23.2 Å². The molecule has 0 fully saturated rings. The normalized spacial score (nSPS) is 11.6. The van der Waals surface area contributed by atoms with Crippen LogP contribution in [0.2, 0.25) is 9.36 Å². The third kappa shape index (κ3) is 4.31. The Hall–Kier alpha value is -0.860. The monoisotopic (exact) mass is 365 g/mol. The number of anilines is 1. The average molecular weight is 366 g/mol. The summed E-state index contributed by atoms with van der Waals surface area (Å²) in [5.74, 6) is 0.434. The molecular weight excluding hydrogens is 353 g/mol. The lowest BCUT2D eigenvalue weighted by Gasteiger charge is -2.08. The molecule has 9 heteroatoms. The van der Waals surface area contributed by atoms with Crippen molar-refractivity contribution in [1.29, 1.82) is 0 Å². The predicted molar refractivity (Wildman–Crippen MR) is 87.0 cm³/mol. The van der Waals surface area contributed by atoms with Gasteiger partial charge in [-0.05, 0) is 24.6 Å². The molecule has 5 nitrogen and oxygen atoms in total. The summed E-state index contributed by atoms with van der Waals surface area (Å²) in [4.78, 5) is 5.01. The summed E-state index contributed by atoms with van der Waals surface area (Å²) in [5.41, 5.74) is 0. The molecule has 2 heterocycles. The Morgan fingerprint density at radius 1 is 1.33 bits per heavy atom. The van der Waals surface area contributed by atoms with Crippen molar-refractivity contribution in [3.8, 4) is 0 Å². The topological polar surface area (TPSA) is 71.1 Å². The van der Waals surface area contributed by atoms with E-state index in [9.17, 15) is 8.42 Å². The molecule has 0 aliphatic rings. The first-order valence-corrected chi connectivity index (χ1v) is 9.05. The number of hydrogen-bond donors (Lipinski definition) is 2. The van der Waals surface area contributed by atoms with Gasteiger partial charge < -0.3 is 5.32 Å². The predicted octanol–water partition coefficient (Wildman–Crippen LogP) is 3.01. The van der Waals surface area contributed by atoms with Crippen LogP contribution in [-0.2, 0) is 16.4 Å². The Morgan fingerprint density at radius 3 is 2.67 bits per heavy atom. The number of nitrogens with one attached hydrogen (secondary N) is 2. The van der Waals surface area contributed by atoms with E-state index in [1.807, 2.05) is 6.07 Å². The van der Waals surface area contributed by atoms with Crippen molar-refractivity contribution in [2.24, 2.45) is 0 Å². The van der Waals surface area contributed by atoms with E-state index < -0.39 is 10.0 Å². The highest BCUT2D eigenvalue weighted by atomic mass is 35.5. The summed E-state index contributed by atoms with van der Waals surface area (Å²) in [7, 11) is -1.96. The summed E-state index contributed by atoms with van der Waals surface area (Å²) in [6.45, 7) is 0.282. The molecule has 2 aromatic heterocycles. The van der Waals surface area contributed by atoms with E-state index in [0.717, 1.165) is 4.88 Å². The van der Waals surface area contributed by atoms with Gasteiger partial charge in [0.25, 0.3) is 0 Å². The first kappa shape index (κ1) is 16.5. The van der Waals surface area contributed by atoms with Gasteiger partial charge in [-0.2, -0.15) is 0 Å². The zero-order chi connectivity index (χ0) is 15.5. The molecule has 0 aromatic carbocycles. The van der Waals surface area contributed by atoms with Crippen molar-refractivity contribution in [3.63, 3.8) is 0 Å². The molecule has 0 bridgehead atoms. The van der Waals surface area contributed by atoms with Gasteiger partial charge in [0.05, 0.1) is 9.36 Å². The molecule has 0 saturated heterocycles. The molecule has 2 N–H and O–H groups in total. The largest absolute Gasteiger partial charge is 0.372 e. The molecule has 0 aliphatic carbocycles. The van der Waals surface area contributed by atoms with Gasteiger partial charge in [0.2, 0.25) is 10.0 Å². The minimum atomic E-state index is -3.62. The lowest BCUT2D eigenvalue weighted by Crippen LogP contribution is -2.26. The second-order valence-electron chi connectivity index (χ2n) is 4.11. The van der Waals surface area contributed by atoms with Crippen LogP contribution in [0.3, 0.4) is 0 Å². The summed E-state index contributed by atoms with van der Waals surface area (Å²) in [6.07, 6.45) is 1.84. The summed E-state index contributed by atoms with van der Waals surface area (Å²) < 4.78 is 27.5. The maximum Gasteiger partial charge on any atom is 0.242 e. The van der Waals surface area contributed by atoms with E-state index in [1.165, 1.54) is 23.6 Å². The zero-order valence-electron chi connectivity index (χ0n) is 11.1. The number of nitrogens with zero attached hydrogens (tertiary/aromatic N) is 1. The SMILES string of the molecule is CNc1ncc(S(=O)(=O)NCCc2ccc(Cl)s2)cc1Cl. The minimum absolute atomic E-state index is 0.0377. The van der Waals surface area contributed by atoms with Crippen molar-refractivity contribution in [2.75, 3.05) is 18.9 Å². The van der Waals surface area contributed by atoms with E-state index >= 15 is 0 Å². The molecule has 0 radical (unpaired) electrons. The van der Waals surface area contributed by atoms with Crippen LogP contribution in [0.15, 0.2) is 29.3 Å². The van der Waals surface area contributed by atoms with Gasteiger partial charge in [0.1, 0.15) is 10.7 Å². The first-order chi connectivity index (χ1) is 9.92. The Bertz CT molecular complexity index is 732. The van der Waals surface area contributed by atoms with Crippen LogP contribution in [0.1, 0.15) is 4.88 Å². The van der Waals surface area contributed by atoms with Crippen molar-refractivity contribution in [3.05, 3.63) is 38.6 Å². The molecule has 2 aromatic rings. The summed E-state index contributed by atoms with van der Waals surface area (Å²) in [5, 5.41) is 3.03. The molecule has 0 amide bonds. The second-order valence-corrected chi connectivity index (χ2v) is 8.08. The number of sulfonamides is 1. The molecule has 114 valence electrons. The lowest BCUT2D eigenvalue weighted by atomic mass is 10.3. The number of rotatable bonds is 6. The summed E-state index contributed by atoms with van der Waals surface area (Å²) >= 11 is 13.2. The van der Waals surface area contributed by atoms with Gasteiger partial charge in [-0.1, -0.05) is 23.2 Å². The fourth-order valence-corrected chi connectivity index (χ4v) is 4.04. The van der Waals surface area contributed by atoms with Crippen molar-refractivity contribution >= 4 is 50.4 Å². The van der Waals surface area contributed by atoms with Gasteiger partial charge in [-0.25, -0.2) is 18.1 Å². The zero-order valence-corrected chi connectivity index (χ0v) is 14.2. The fourth-order valence-electron chi connectivity index (χ4n) is 1.63. The van der Waals surface area contributed by atoms with E-state index in [-0.39, 0.29) is 16.5 Å². The molecule has 21 heavy (non-hydrogen) atoms. The standard InChI is InChI=1S/C12H13Cl2N3O2S2/c1-15-12-10(13)6-9(7-16-12)21(18,19)17-5-4-8-2-3-11(14)20-8/h2-3,6-7,17H,4-5H2,1H3,(H,15,16). The molecule has 0 spiro atoms. The minimum Gasteiger partial charge on any atom is -0.372 e. The van der Waals surface area contributed by atoms with Gasteiger partial charge in [-0.15, -0.1) is 11.3 Å². The molecule has 0 aliphatic heterocycles. The van der Waals surface area contributed by atoms with Gasteiger partial charge in [-0.3, -0.25) is 0 Å². The van der Waals surface area contributed by atoms with E-state index in [2.05, 4.69) is 15.0 Å². The highest BCUT2D eigenvalue weighted by Crippen LogP contribution is 2.23. The molecule has 0 atom stereocenters.